The summed E-state index contributed by atoms with van der Waals surface area (Å²) < 4.78 is 0. The van der Waals surface area contributed by atoms with Crippen molar-refractivity contribution in [3.8, 4) is 0 Å². The van der Waals surface area contributed by atoms with Gasteiger partial charge in [-0.2, -0.15) is 5.10 Å². The Kier molecular flexibility index (Phi) is 5.00. The second-order valence-electron chi connectivity index (χ2n) is 4.81. The lowest BCUT2D eigenvalue weighted by Gasteiger charge is -2.23. The lowest BCUT2D eigenvalue weighted by atomic mass is 10.0. The molecule has 2 unspecified atom stereocenters. The molecule has 0 aliphatic heterocycles. The number of nitrogens with one attached hydrogen (secondary N) is 2. The van der Waals surface area contributed by atoms with E-state index in [0.29, 0.717) is 6.04 Å². The minimum atomic E-state index is 0.269. The second-order valence-corrected chi connectivity index (χ2v) is 5.25. The van der Waals surface area contributed by atoms with Crippen molar-refractivity contribution in [2.24, 2.45) is 0 Å². The summed E-state index contributed by atoms with van der Waals surface area (Å²) in [5.74, 6) is 0. The number of rotatable bonds is 6. The van der Waals surface area contributed by atoms with Crippen LogP contribution in [-0.4, -0.2) is 10.2 Å². The Morgan fingerprint density at radius 2 is 2.00 bits per heavy atom. The fraction of sp³-hybridized carbons (Fsp3) is 0.400. The Hall–Kier alpha value is -1.32. The van der Waals surface area contributed by atoms with Gasteiger partial charge in [0.15, 0.2) is 0 Å². The van der Waals surface area contributed by atoms with E-state index in [1.807, 2.05) is 24.5 Å². The molecule has 0 spiro atoms. The number of nitrogens with zero attached hydrogens (tertiary/aromatic N) is 1. The predicted octanol–water partition coefficient (Wildman–Crippen LogP) is 4.26. The maximum atomic E-state index is 5.95. The maximum Gasteiger partial charge on any atom is 0.0534 e. The normalized spacial score (nSPS) is 14.3. The van der Waals surface area contributed by atoms with Gasteiger partial charge in [-0.3, -0.25) is 5.10 Å². The number of hydrogen-bond acceptors (Lipinski definition) is 2. The molecule has 1 aromatic carbocycles. The van der Waals surface area contributed by atoms with Crippen molar-refractivity contribution in [3.63, 3.8) is 0 Å². The highest BCUT2D eigenvalue weighted by Crippen LogP contribution is 2.24. The molecular weight excluding hydrogens is 258 g/mol. The molecule has 1 heterocycles. The number of hydrogen-bond donors (Lipinski definition) is 2. The standard InChI is InChI=1S/C15H20ClN3/c1-3-4-15(12-5-7-14(16)8-6-12)19-11(2)13-9-17-18-10-13/h5-11,15,19H,3-4H2,1-2H3,(H,17,18). The van der Waals surface area contributed by atoms with Gasteiger partial charge >= 0.3 is 0 Å². The first-order valence-corrected chi connectivity index (χ1v) is 7.08. The molecule has 2 atom stereocenters. The van der Waals surface area contributed by atoms with Crippen molar-refractivity contribution in [2.45, 2.75) is 38.8 Å². The van der Waals surface area contributed by atoms with Crippen LogP contribution in [-0.2, 0) is 0 Å². The molecule has 0 saturated carbocycles. The molecule has 0 amide bonds. The van der Waals surface area contributed by atoms with E-state index in [1.165, 1.54) is 11.1 Å². The summed E-state index contributed by atoms with van der Waals surface area (Å²) in [6.45, 7) is 4.36. The van der Waals surface area contributed by atoms with Gasteiger partial charge < -0.3 is 5.32 Å². The van der Waals surface area contributed by atoms with Crippen molar-refractivity contribution < 1.29 is 0 Å². The quantitative estimate of drug-likeness (QED) is 0.828. The summed E-state index contributed by atoms with van der Waals surface area (Å²) >= 11 is 5.95. The number of benzene rings is 1. The first-order chi connectivity index (χ1) is 9.20. The van der Waals surface area contributed by atoms with Crippen LogP contribution in [0.25, 0.3) is 0 Å². The highest BCUT2D eigenvalue weighted by molar-refractivity contribution is 6.30. The average Bonchev–Trinajstić information content (AvgIpc) is 2.93. The third-order valence-electron chi connectivity index (χ3n) is 3.32. The summed E-state index contributed by atoms with van der Waals surface area (Å²) in [4.78, 5) is 0. The van der Waals surface area contributed by atoms with E-state index in [0.717, 1.165) is 17.9 Å². The van der Waals surface area contributed by atoms with E-state index in [2.05, 4.69) is 41.5 Å². The molecule has 2 rings (SSSR count). The van der Waals surface area contributed by atoms with Gasteiger partial charge in [-0.05, 0) is 31.0 Å². The second kappa shape index (κ2) is 6.73. The summed E-state index contributed by atoms with van der Waals surface area (Å²) in [5, 5.41) is 11.3. The minimum Gasteiger partial charge on any atom is -0.303 e. The van der Waals surface area contributed by atoms with Crippen LogP contribution in [0.1, 0.15) is 49.9 Å². The Labute approximate surface area is 119 Å². The van der Waals surface area contributed by atoms with Gasteiger partial charge in [0.2, 0.25) is 0 Å². The zero-order valence-corrected chi connectivity index (χ0v) is 12.1. The molecule has 4 heteroatoms. The molecule has 0 fully saturated rings. The Morgan fingerprint density at radius 1 is 1.26 bits per heavy atom. The fourth-order valence-electron chi connectivity index (χ4n) is 2.23. The molecule has 0 saturated heterocycles. The molecule has 19 heavy (non-hydrogen) atoms. The molecule has 102 valence electrons. The van der Waals surface area contributed by atoms with Crippen LogP contribution in [0.15, 0.2) is 36.7 Å². The first kappa shape index (κ1) is 14.1. The molecule has 3 nitrogen and oxygen atoms in total. The van der Waals surface area contributed by atoms with Crippen molar-refractivity contribution in [2.75, 3.05) is 0 Å². The van der Waals surface area contributed by atoms with Crippen molar-refractivity contribution in [1.29, 1.82) is 0 Å². The van der Waals surface area contributed by atoms with E-state index in [1.54, 1.807) is 0 Å². The number of halogens is 1. The van der Waals surface area contributed by atoms with Crippen LogP contribution in [0, 0.1) is 0 Å². The Morgan fingerprint density at radius 3 is 2.58 bits per heavy atom. The minimum absolute atomic E-state index is 0.269. The number of aromatic nitrogens is 2. The zero-order chi connectivity index (χ0) is 13.7. The summed E-state index contributed by atoms with van der Waals surface area (Å²) in [5.41, 5.74) is 2.46. The predicted molar refractivity (Wildman–Crippen MR) is 79.2 cm³/mol. The van der Waals surface area contributed by atoms with Gasteiger partial charge in [-0.25, -0.2) is 0 Å². The molecule has 1 aromatic heterocycles. The van der Waals surface area contributed by atoms with Gasteiger partial charge in [-0.15, -0.1) is 0 Å². The van der Waals surface area contributed by atoms with Gasteiger partial charge in [-0.1, -0.05) is 37.1 Å². The number of H-pyrrole nitrogens is 1. The highest BCUT2D eigenvalue weighted by atomic mass is 35.5. The van der Waals surface area contributed by atoms with Gasteiger partial charge in [0.25, 0.3) is 0 Å². The van der Waals surface area contributed by atoms with Gasteiger partial charge in [0.05, 0.1) is 6.20 Å². The monoisotopic (exact) mass is 277 g/mol. The van der Waals surface area contributed by atoms with Crippen molar-refractivity contribution >= 4 is 11.6 Å². The van der Waals surface area contributed by atoms with E-state index in [-0.39, 0.29) is 6.04 Å². The molecule has 0 aliphatic rings. The van der Waals surface area contributed by atoms with E-state index in [9.17, 15) is 0 Å². The third-order valence-corrected chi connectivity index (χ3v) is 3.57. The lowest BCUT2D eigenvalue weighted by Crippen LogP contribution is -2.24. The highest BCUT2D eigenvalue weighted by Gasteiger charge is 2.15. The summed E-state index contributed by atoms with van der Waals surface area (Å²) in [6.07, 6.45) is 6.04. The van der Waals surface area contributed by atoms with Crippen LogP contribution < -0.4 is 5.32 Å². The Bertz CT molecular complexity index is 479. The lowest BCUT2D eigenvalue weighted by molar-refractivity contribution is 0.439. The fourth-order valence-corrected chi connectivity index (χ4v) is 2.35. The van der Waals surface area contributed by atoms with E-state index >= 15 is 0 Å². The summed E-state index contributed by atoms with van der Waals surface area (Å²) in [6, 6.07) is 8.70. The molecular formula is C15H20ClN3. The van der Waals surface area contributed by atoms with Gasteiger partial charge in [0.1, 0.15) is 0 Å². The molecule has 2 aromatic rings. The smallest absolute Gasteiger partial charge is 0.0534 e. The average molecular weight is 278 g/mol. The van der Waals surface area contributed by atoms with Crippen LogP contribution in [0.4, 0.5) is 0 Å². The van der Waals surface area contributed by atoms with Crippen LogP contribution >= 0.6 is 11.6 Å². The largest absolute Gasteiger partial charge is 0.303 e. The maximum absolute atomic E-state index is 5.95. The first-order valence-electron chi connectivity index (χ1n) is 6.71. The molecule has 0 bridgehead atoms. The van der Waals surface area contributed by atoms with Crippen LogP contribution in [0.2, 0.25) is 5.02 Å². The van der Waals surface area contributed by atoms with Crippen LogP contribution in [0.3, 0.4) is 0 Å². The van der Waals surface area contributed by atoms with Gasteiger partial charge in [0, 0.05) is 28.9 Å². The molecule has 0 aliphatic carbocycles. The zero-order valence-electron chi connectivity index (χ0n) is 11.4. The topological polar surface area (TPSA) is 40.7 Å². The Balaban J connectivity index is 2.09. The third kappa shape index (κ3) is 3.82. The van der Waals surface area contributed by atoms with Crippen LogP contribution in [0.5, 0.6) is 0 Å². The SMILES string of the molecule is CCCC(NC(C)c1cn[nH]c1)c1ccc(Cl)cc1. The molecule has 2 N–H and O–H groups in total. The van der Waals surface area contributed by atoms with Crippen molar-refractivity contribution in [3.05, 3.63) is 52.8 Å². The summed E-state index contributed by atoms with van der Waals surface area (Å²) in [7, 11) is 0. The van der Waals surface area contributed by atoms with E-state index in [4.69, 9.17) is 11.6 Å². The number of aromatic amines is 1. The van der Waals surface area contributed by atoms with Crippen molar-refractivity contribution in [1.82, 2.24) is 15.5 Å². The molecule has 0 radical (unpaired) electrons. The van der Waals surface area contributed by atoms with E-state index < -0.39 is 0 Å².